The van der Waals surface area contributed by atoms with E-state index in [-0.39, 0.29) is 0 Å². The third kappa shape index (κ3) is 14.3. The molecule has 0 unspecified atom stereocenters. The zero-order valence-corrected chi connectivity index (χ0v) is 79.2. The second kappa shape index (κ2) is 35.3. The van der Waals surface area contributed by atoms with Crippen LogP contribution in [0.4, 0.5) is 0 Å². The molecule has 0 spiro atoms. The van der Waals surface area contributed by atoms with E-state index in [4.69, 9.17) is 49.3 Å². The number of thiophene rings is 1. The van der Waals surface area contributed by atoms with Crippen LogP contribution in [0.5, 0.6) is 0 Å². The third-order valence-electron chi connectivity index (χ3n) is 28.0. The number of benzene rings is 21. The molecule has 30 rings (SSSR count). The molecule has 0 radical (unpaired) electrons. The summed E-state index contributed by atoms with van der Waals surface area (Å²) in [5.74, 6) is 5.77. The molecule has 0 amide bonds. The van der Waals surface area contributed by atoms with E-state index in [9.17, 15) is 0 Å². The van der Waals surface area contributed by atoms with Crippen molar-refractivity contribution >= 4 is 162 Å². The van der Waals surface area contributed by atoms with Crippen LogP contribution >= 0.6 is 11.3 Å². The molecular weight excluding hydrogens is 1800 g/mol. The maximum atomic E-state index is 6.76. The summed E-state index contributed by atoms with van der Waals surface area (Å²) in [6.07, 6.45) is 0. The van der Waals surface area contributed by atoms with Crippen LogP contribution in [0.1, 0.15) is 0 Å². The van der Waals surface area contributed by atoms with E-state index in [1.165, 1.54) is 112 Å². The number of nitrogens with zero attached hydrogens (tertiary/aromatic N) is 13. The molecule has 0 N–H and O–H groups in total. The number of hydrogen-bond acceptors (Lipinski definition) is 11. The molecule has 21 aromatic carbocycles. The summed E-state index contributed by atoms with van der Waals surface area (Å²) in [6, 6.07) is 171. The van der Waals surface area contributed by atoms with Gasteiger partial charge in [0.15, 0.2) is 58.0 Å². The summed E-state index contributed by atoms with van der Waals surface area (Å²) in [6.45, 7) is 0. The van der Waals surface area contributed by atoms with Gasteiger partial charge in [0, 0.05) is 142 Å². The van der Waals surface area contributed by atoms with Crippen LogP contribution in [0.2, 0.25) is 0 Å². The zero-order chi connectivity index (χ0) is 96.2. The Labute approximate surface area is 840 Å². The lowest BCUT2D eigenvalue weighted by molar-refractivity contribution is 0.671. The average Bonchev–Trinajstić information content (AvgIpc) is 1.54. The maximum Gasteiger partial charge on any atom is 0.164 e. The van der Waals surface area contributed by atoms with E-state index in [1.54, 1.807) is 0 Å². The van der Waals surface area contributed by atoms with Crippen LogP contribution in [0.15, 0.2) is 496 Å². The molecule has 14 nitrogen and oxygen atoms in total. The van der Waals surface area contributed by atoms with Crippen LogP contribution < -0.4 is 0 Å². The lowest BCUT2D eigenvalue weighted by Crippen LogP contribution is -2.01. The second-order valence-corrected chi connectivity index (χ2v) is 37.6. The van der Waals surface area contributed by atoms with E-state index in [1.807, 2.05) is 199 Å². The van der Waals surface area contributed by atoms with Crippen molar-refractivity contribution in [2.24, 2.45) is 0 Å². The van der Waals surface area contributed by atoms with Crippen molar-refractivity contribution in [1.29, 1.82) is 0 Å². The Balaban J connectivity index is 0.000000106. The molecule has 0 aliphatic carbocycles. The Bertz CT molecular complexity index is 9820. The Morgan fingerprint density at radius 2 is 0.432 bits per heavy atom. The fourth-order valence-electron chi connectivity index (χ4n) is 21.5. The van der Waals surface area contributed by atoms with Gasteiger partial charge in [-0.2, -0.15) is 0 Å². The summed E-state index contributed by atoms with van der Waals surface area (Å²) in [5.41, 5.74) is 23.7. The second-order valence-electron chi connectivity index (χ2n) is 36.5. The van der Waals surface area contributed by atoms with Gasteiger partial charge in [-0.1, -0.05) is 394 Å². The lowest BCUT2D eigenvalue weighted by atomic mass is 9.99. The van der Waals surface area contributed by atoms with E-state index < -0.39 is 0 Å². The van der Waals surface area contributed by atoms with Crippen LogP contribution in [0, 0.1) is 0 Å². The van der Waals surface area contributed by atoms with Crippen LogP contribution in [-0.2, 0) is 0 Å². The first kappa shape index (κ1) is 84.5. The van der Waals surface area contributed by atoms with Gasteiger partial charge in [-0.25, -0.2) is 44.9 Å². The molecule has 9 heterocycles. The largest absolute Gasteiger partial charge is 0.454 e. The van der Waals surface area contributed by atoms with Crippen LogP contribution in [0.25, 0.3) is 276 Å². The number of para-hydroxylation sites is 6. The molecule has 15 heteroatoms. The highest BCUT2D eigenvalue weighted by Gasteiger charge is 2.29. The maximum absolute atomic E-state index is 6.76. The minimum atomic E-state index is 0.615. The van der Waals surface area contributed by atoms with E-state index in [0.717, 1.165) is 111 Å². The molecule has 0 bridgehead atoms. The van der Waals surface area contributed by atoms with Gasteiger partial charge >= 0.3 is 0 Å². The van der Waals surface area contributed by atoms with E-state index >= 15 is 0 Å². The Kier molecular flexibility index (Phi) is 20.4. The standard InChI is InChI=1S/C45H29N5.C43H26N4O.C43H26N4S/c1-4-14-30(15-5-1)43-46-44(31-16-6-2-7-17-31)48-45(47-43)32-24-26-34(27-25-32)50-40-23-13-11-21-36(40)38-29-28-37-35-20-10-12-22-39(35)49(41(37)42(38)50)33-18-8-3-9-19-33;2*1-3-14-27(15-4-1)41-44-42(28-16-5-2-6-17-28)46-43(45-41)29-18-13-19-30(26-29)47-35-24-11-9-22-33(35)37-31-20-7-8-21-32(31)38-34-23-10-12-25-36(34)48-40(38)39(37)47/h1-29H;2*1-26H. The van der Waals surface area contributed by atoms with Gasteiger partial charge in [0.25, 0.3) is 0 Å². The van der Waals surface area contributed by atoms with Gasteiger partial charge in [0.1, 0.15) is 5.58 Å². The molecule has 9 aromatic heterocycles. The van der Waals surface area contributed by atoms with Gasteiger partial charge in [-0.3, -0.25) is 0 Å². The van der Waals surface area contributed by atoms with Crippen LogP contribution in [0.3, 0.4) is 0 Å². The monoisotopic (exact) mass is 1880 g/mol. The lowest BCUT2D eigenvalue weighted by Gasteiger charge is -2.13. The minimum Gasteiger partial charge on any atom is -0.454 e. The molecule has 682 valence electrons. The van der Waals surface area contributed by atoms with Gasteiger partial charge in [0.2, 0.25) is 0 Å². The molecular formula is C131H81N13OS. The molecule has 0 fully saturated rings. The van der Waals surface area contributed by atoms with Gasteiger partial charge in [-0.15, -0.1) is 11.3 Å². The first-order chi connectivity index (χ1) is 72.4. The number of furan rings is 1. The predicted octanol–water partition coefficient (Wildman–Crippen LogP) is 33.6. The van der Waals surface area contributed by atoms with Gasteiger partial charge in [-0.05, 0) is 119 Å². The fraction of sp³-hybridized carbons (Fsp3) is 0. The fourth-order valence-corrected chi connectivity index (χ4v) is 22.8. The Hall–Kier alpha value is -19.6. The Morgan fingerprint density at radius 3 is 0.836 bits per heavy atom. The first-order valence-corrected chi connectivity index (χ1v) is 49.7. The van der Waals surface area contributed by atoms with Crippen molar-refractivity contribution in [2.45, 2.75) is 0 Å². The minimum absolute atomic E-state index is 0.615. The highest BCUT2D eigenvalue weighted by Crippen LogP contribution is 2.51. The Morgan fingerprint density at radius 1 is 0.164 bits per heavy atom. The topological polar surface area (TPSA) is 149 Å². The number of hydrogen-bond donors (Lipinski definition) is 0. The smallest absolute Gasteiger partial charge is 0.164 e. The number of aromatic nitrogens is 13. The van der Waals surface area contributed by atoms with Crippen molar-refractivity contribution in [2.75, 3.05) is 0 Å². The van der Waals surface area contributed by atoms with E-state index in [2.05, 4.69) is 322 Å². The van der Waals surface area contributed by atoms with Crippen molar-refractivity contribution in [3.63, 3.8) is 0 Å². The van der Waals surface area contributed by atoms with Crippen molar-refractivity contribution in [3.05, 3.63) is 491 Å². The van der Waals surface area contributed by atoms with Crippen LogP contribution in [-0.4, -0.2) is 63.1 Å². The molecule has 0 saturated carbocycles. The molecule has 0 aliphatic heterocycles. The number of fused-ring (bicyclic) bond motifs is 27. The molecule has 0 atom stereocenters. The normalized spacial score (nSPS) is 11.7. The molecule has 0 aliphatic rings. The SMILES string of the molecule is c1ccc(-c2nc(-c3ccccc3)nc(-c3ccc(-n4c5ccccc5c5ccc6c7ccccc7n(-c7ccccc7)c6c54)cc3)n2)cc1.c1ccc(-c2nc(-c3ccccc3)nc(-c3cccc(-n4c5ccccc5c5c6ccccc6c6c7ccccc7oc6c54)c3)n2)cc1.c1ccc(-c2nc(-c3ccccc3)nc(-c3cccc(-n4c5ccccc5c5c6ccccc6c6c7ccccc7sc6c54)c3)n2)cc1. The first-order valence-electron chi connectivity index (χ1n) is 48.9. The van der Waals surface area contributed by atoms with Gasteiger partial charge in [0.05, 0.1) is 48.8 Å². The molecule has 146 heavy (non-hydrogen) atoms. The summed E-state index contributed by atoms with van der Waals surface area (Å²) in [4.78, 5) is 44.7. The predicted molar refractivity (Wildman–Crippen MR) is 601 cm³/mol. The quantitative estimate of drug-likeness (QED) is 0.109. The van der Waals surface area contributed by atoms with Crippen molar-refractivity contribution in [3.8, 4) is 125 Å². The summed E-state index contributed by atoms with van der Waals surface area (Å²) < 4.78 is 18.9. The van der Waals surface area contributed by atoms with Gasteiger partial charge < -0.3 is 22.7 Å². The zero-order valence-electron chi connectivity index (χ0n) is 78.4. The summed E-state index contributed by atoms with van der Waals surface area (Å²) in [5, 5.41) is 19.6. The average molecular weight is 1890 g/mol. The highest BCUT2D eigenvalue weighted by molar-refractivity contribution is 7.27. The molecule has 0 saturated heterocycles. The van der Waals surface area contributed by atoms with Crippen molar-refractivity contribution < 1.29 is 4.42 Å². The van der Waals surface area contributed by atoms with Crippen molar-refractivity contribution in [1.82, 2.24) is 63.1 Å². The highest BCUT2D eigenvalue weighted by atomic mass is 32.1. The number of rotatable bonds is 13. The summed E-state index contributed by atoms with van der Waals surface area (Å²) in [7, 11) is 0. The van der Waals surface area contributed by atoms with E-state index in [0.29, 0.717) is 52.4 Å². The third-order valence-corrected chi connectivity index (χ3v) is 29.2. The molecule has 30 aromatic rings. The summed E-state index contributed by atoms with van der Waals surface area (Å²) >= 11 is 1.88.